The molecule has 29 heavy (non-hydrogen) atoms. The van der Waals surface area contributed by atoms with Gasteiger partial charge in [-0.2, -0.15) is 0 Å². The third kappa shape index (κ3) is 6.08. The van der Waals surface area contributed by atoms with Crippen LogP contribution in [0.4, 0.5) is 0 Å². The van der Waals surface area contributed by atoms with Gasteiger partial charge in [0.1, 0.15) is 0 Å². The summed E-state index contributed by atoms with van der Waals surface area (Å²) in [5.41, 5.74) is 1.95. The van der Waals surface area contributed by atoms with E-state index in [1.807, 2.05) is 59.2 Å². The summed E-state index contributed by atoms with van der Waals surface area (Å²) in [4.78, 5) is 11.9. The third-order valence-corrected chi connectivity index (χ3v) is 5.50. The van der Waals surface area contributed by atoms with Crippen LogP contribution in [0.5, 0.6) is 0 Å². The quantitative estimate of drug-likeness (QED) is 0.374. The van der Waals surface area contributed by atoms with Gasteiger partial charge in [0.05, 0.1) is 0 Å². The molecule has 5 nitrogen and oxygen atoms in total. The fraction of sp³-hybridized carbons (Fsp3) is 0.318. The predicted molar refractivity (Wildman–Crippen MR) is 120 cm³/mol. The molecule has 1 aromatic heterocycles. The molecule has 0 atom stereocenters. The lowest BCUT2D eigenvalue weighted by atomic mass is 10.2. The Balaban J connectivity index is 1.72. The molecule has 0 fully saturated rings. The van der Waals surface area contributed by atoms with Gasteiger partial charge in [0.15, 0.2) is 11.0 Å². The lowest BCUT2D eigenvalue weighted by molar-refractivity contribution is -0.121. The maximum absolute atomic E-state index is 11.9. The lowest BCUT2D eigenvalue weighted by Crippen LogP contribution is -2.27. The SMILES string of the molecule is CC(C)CNC(=O)CCCSc1nnc(-c2ccc(Cl)cc2)n1-c1ccccc1. The Morgan fingerprint density at radius 3 is 2.52 bits per heavy atom. The normalized spacial score (nSPS) is 11.0. The summed E-state index contributed by atoms with van der Waals surface area (Å²) in [7, 11) is 0. The number of amides is 1. The van der Waals surface area contributed by atoms with E-state index in [2.05, 4.69) is 29.4 Å². The molecule has 0 bridgehead atoms. The van der Waals surface area contributed by atoms with E-state index in [1.165, 1.54) is 0 Å². The number of halogens is 1. The van der Waals surface area contributed by atoms with Crippen LogP contribution in [0.2, 0.25) is 5.02 Å². The molecule has 3 aromatic rings. The first-order valence-electron chi connectivity index (χ1n) is 9.71. The van der Waals surface area contributed by atoms with Crippen molar-refractivity contribution in [2.75, 3.05) is 12.3 Å². The zero-order chi connectivity index (χ0) is 20.6. The molecule has 7 heteroatoms. The number of carbonyl (C=O) groups is 1. The molecule has 2 aromatic carbocycles. The molecule has 152 valence electrons. The predicted octanol–water partition coefficient (Wildman–Crippen LogP) is 5.23. The van der Waals surface area contributed by atoms with E-state index in [1.54, 1.807) is 11.8 Å². The number of thioether (sulfide) groups is 1. The highest BCUT2D eigenvalue weighted by atomic mass is 35.5. The van der Waals surface area contributed by atoms with Crippen molar-refractivity contribution in [1.29, 1.82) is 0 Å². The van der Waals surface area contributed by atoms with Gasteiger partial charge in [0, 0.05) is 35.0 Å². The third-order valence-electron chi connectivity index (χ3n) is 4.24. The number of hydrogen-bond donors (Lipinski definition) is 1. The van der Waals surface area contributed by atoms with Gasteiger partial charge < -0.3 is 5.32 Å². The second-order valence-corrected chi connectivity index (χ2v) is 8.63. The molecule has 0 radical (unpaired) electrons. The van der Waals surface area contributed by atoms with Crippen LogP contribution in [0.15, 0.2) is 59.8 Å². The van der Waals surface area contributed by atoms with Crippen molar-refractivity contribution >= 4 is 29.3 Å². The van der Waals surface area contributed by atoms with Crippen LogP contribution in [0, 0.1) is 5.92 Å². The van der Waals surface area contributed by atoms with Gasteiger partial charge in [-0.05, 0) is 48.7 Å². The zero-order valence-corrected chi connectivity index (χ0v) is 18.2. The summed E-state index contributed by atoms with van der Waals surface area (Å²) in [6, 6.07) is 17.6. The summed E-state index contributed by atoms with van der Waals surface area (Å²) < 4.78 is 2.05. The average molecular weight is 429 g/mol. The van der Waals surface area contributed by atoms with Crippen molar-refractivity contribution in [3.8, 4) is 17.1 Å². The molecule has 0 aliphatic carbocycles. The number of rotatable bonds is 9. The van der Waals surface area contributed by atoms with Gasteiger partial charge in [-0.3, -0.25) is 9.36 Å². The standard InChI is InChI=1S/C22H25ClN4OS/c1-16(2)15-24-20(28)9-6-14-29-22-26-25-21(17-10-12-18(23)13-11-17)27(22)19-7-4-3-5-8-19/h3-5,7-8,10-13,16H,6,9,14-15H2,1-2H3,(H,24,28). The maximum Gasteiger partial charge on any atom is 0.220 e. The van der Waals surface area contributed by atoms with Crippen LogP contribution in [0.3, 0.4) is 0 Å². The van der Waals surface area contributed by atoms with Gasteiger partial charge >= 0.3 is 0 Å². The molecule has 1 heterocycles. The second kappa shape index (κ2) is 10.5. The molecule has 1 N–H and O–H groups in total. The van der Waals surface area contributed by atoms with Gasteiger partial charge in [0.2, 0.25) is 5.91 Å². The van der Waals surface area contributed by atoms with Crippen molar-refractivity contribution in [2.45, 2.75) is 31.8 Å². The number of benzene rings is 2. The van der Waals surface area contributed by atoms with Gasteiger partial charge in [-0.25, -0.2) is 0 Å². The topological polar surface area (TPSA) is 59.8 Å². The van der Waals surface area contributed by atoms with Crippen molar-refractivity contribution in [3.63, 3.8) is 0 Å². The largest absolute Gasteiger partial charge is 0.356 e. The molecule has 3 rings (SSSR count). The Kier molecular flexibility index (Phi) is 7.72. The van der Waals surface area contributed by atoms with Crippen LogP contribution in [0.25, 0.3) is 17.1 Å². The Bertz CT molecular complexity index is 926. The van der Waals surface area contributed by atoms with Crippen molar-refractivity contribution in [2.24, 2.45) is 5.92 Å². The Morgan fingerprint density at radius 1 is 1.10 bits per heavy atom. The molecular weight excluding hydrogens is 404 g/mol. The molecule has 0 aliphatic heterocycles. The van der Waals surface area contributed by atoms with Crippen LogP contribution in [-0.4, -0.2) is 33.0 Å². The fourth-order valence-corrected chi connectivity index (χ4v) is 3.78. The molecule has 0 saturated carbocycles. The van der Waals surface area contributed by atoms with E-state index in [-0.39, 0.29) is 5.91 Å². The van der Waals surface area contributed by atoms with E-state index in [9.17, 15) is 4.79 Å². The zero-order valence-electron chi connectivity index (χ0n) is 16.6. The Hall–Kier alpha value is -2.31. The van der Waals surface area contributed by atoms with Crippen molar-refractivity contribution in [3.05, 3.63) is 59.6 Å². The number of aromatic nitrogens is 3. The number of carbonyl (C=O) groups excluding carboxylic acids is 1. The fourth-order valence-electron chi connectivity index (χ4n) is 2.76. The number of nitrogens with zero attached hydrogens (tertiary/aromatic N) is 3. The Morgan fingerprint density at radius 2 is 1.83 bits per heavy atom. The molecule has 0 spiro atoms. The van der Waals surface area contributed by atoms with Crippen LogP contribution >= 0.6 is 23.4 Å². The van der Waals surface area contributed by atoms with Crippen LogP contribution < -0.4 is 5.32 Å². The maximum atomic E-state index is 11.9. The van der Waals surface area contributed by atoms with E-state index in [0.29, 0.717) is 17.4 Å². The lowest BCUT2D eigenvalue weighted by Gasteiger charge is -2.10. The van der Waals surface area contributed by atoms with Crippen molar-refractivity contribution in [1.82, 2.24) is 20.1 Å². The van der Waals surface area contributed by atoms with E-state index >= 15 is 0 Å². The second-order valence-electron chi connectivity index (χ2n) is 7.13. The average Bonchev–Trinajstić information content (AvgIpc) is 3.14. The highest BCUT2D eigenvalue weighted by molar-refractivity contribution is 7.99. The van der Waals surface area contributed by atoms with Crippen LogP contribution in [-0.2, 0) is 4.79 Å². The number of para-hydroxylation sites is 1. The first kappa shape index (κ1) is 21.4. The minimum absolute atomic E-state index is 0.102. The molecule has 0 unspecified atom stereocenters. The minimum atomic E-state index is 0.102. The smallest absolute Gasteiger partial charge is 0.220 e. The highest BCUT2D eigenvalue weighted by Crippen LogP contribution is 2.29. The summed E-state index contributed by atoms with van der Waals surface area (Å²) in [5, 5.41) is 13.3. The monoisotopic (exact) mass is 428 g/mol. The molecule has 1 amide bonds. The molecule has 0 aliphatic rings. The summed E-state index contributed by atoms with van der Waals surface area (Å²) in [6.45, 7) is 4.90. The summed E-state index contributed by atoms with van der Waals surface area (Å²) >= 11 is 7.64. The van der Waals surface area contributed by atoms with E-state index in [0.717, 1.165) is 41.0 Å². The summed E-state index contributed by atoms with van der Waals surface area (Å²) in [6.07, 6.45) is 1.30. The first-order chi connectivity index (χ1) is 14.0. The number of nitrogens with one attached hydrogen (secondary N) is 1. The van der Waals surface area contributed by atoms with Crippen molar-refractivity contribution < 1.29 is 4.79 Å². The number of hydrogen-bond acceptors (Lipinski definition) is 4. The van der Waals surface area contributed by atoms with Gasteiger partial charge in [-0.15, -0.1) is 10.2 Å². The molecular formula is C22H25ClN4OS. The van der Waals surface area contributed by atoms with E-state index in [4.69, 9.17) is 11.6 Å². The molecule has 0 saturated heterocycles. The Labute approximate surface area is 180 Å². The summed E-state index contributed by atoms with van der Waals surface area (Å²) in [5.74, 6) is 2.13. The minimum Gasteiger partial charge on any atom is -0.356 e. The highest BCUT2D eigenvalue weighted by Gasteiger charge is 2.16. The van der Waals surface area contributed by atoms with Gasteiger partial charge in [-0.1, -0.05) is 55.4 Å². The van der Waals surface area contributed by atoms with Crippen LogP contribution in [0.1, 0.15) is 26.7 Å². The van der Waals surface area contributed by atoms with E-state index < -0.39 is 0 Å². The first-order valence-corrected chi connectivity index (χ1v) is 11.1. The van der Waals surface area contributed by atoms with Gasteiger partial charge in [0.25, 0.3) is 0 Å².